The van der Waals surface area contributed by atoms with Gasteiger partial charge in [0.15, 0.2) is 22.8 Å². The van der Waals surface area contributed by atoms with E-state index in [9.17, 15) is 62.7 Å². The molecule has 26 nitrogen and oxygen atoms in total. The number of fused-ring (bicyclic) bond motifs is 1. The smallest absolute Gasteiger partial charge is 0.481 e. The first kappa shape index (κ1) is 48.4. The number of carbonyl (C=O) groups is 4. The minimum Gasteiger partial charge on any atom is -0.481 e. The monoisotopic (exact) mass is 895 g/mol. The van der Waals surface area contributed by atoms with Gasteiger partial charge in [0.2, 0.25) is 11.8 Å². The van der Waals surface area contributed by atoms with Gasteiger partial charge in [-0.25, -0.2) is 28.6 Å². The fraction of sp³-hybridized carbons (Fsp3) is 0.667. The Morgan fingerprint density at radius 3 is 2.30 bits per heavy atom. The number of phosphoric ester groups is 3. The Morgan fingerprint density at radius 2 is 1.67 bits per heavy atom. The fourth-order valence-corrected chi connectivity index (χ4v) is 8.60. The lowest BCUT2D eigenvalue weighted by Gasteiger charge is -2.30. The highest BCUT2D eigenvalue weighted by Gasteiger charge is 2.50. The summed E-state index contributed by atoms with van der Waals surface area (Å²) in [5.41, 5.74) is 3.09. The molecule has 0 aliphatic carbocycles. The van der Waals surface area contributed by atoms with Gasteiger partial charge in [0, 0.05) is 36.1 Å². The van der Waals surface area contributed by atoms with E-state index in [0.717, 1.165) is 29.0 Å². The number of phosphoric acid groups is 3. The van der Waals surface area contributed by atoms with Crippen molar-refractivity contribution in [2.24, 2.45) is 10.8 Å². The second-order valence-electron chi connectivity index (χ2n) is 13.7. The van der Waals surface area contributed by atoms with Crippen LogP contribution in [0.3, 0.4) is 0 Å². The van der Waals surface area contributed by atoms with Crippen molar-refractivity contribution in [2.45, 2.75) is 71.2 Å². The lowest BCUT2D eigenvalue weighted by Crippen LogP contribution is -2.46. The van der Waals surface area contributed by atoms with Crippen LogP contribution in [-0.4, -0.2) is 134 Å². The summed E-state index contributed by atoms with van der Waals surface area (Å²) in [4.78, 5) is 98.7. The first-order valence-electron chi connectivity index (χ1n) is 16.4. The molecule has 3 unspecified atom stereocenters. The maximum atomic E-state index is 12.7. The summed E-state index contributed by atoms with van der Waals surface area (Å²) < 4.78 is 62.0. The molecule has 3 rings (SSSR count). The van der Waals surface area contributed by atoms with E-state index in [1.165, 1.54) is 27.7 Å². The fourth-order valence-electron chi connectivity index (χ4n) is 4.92. The molecule has 1 saturated heterocycles. The van der Waals surface area contributed by atoms with E-state index in [0.29, 0.717) is 0 Å². The number of carbonyl (C=O) groups excluding carboxylic acids is 3. The number of aromatic nitrogens is 4. The van der Waals surface area contributed by atoms with Crippen molar-refractivity contribution in [3.8, 4) is 0 Å². The SMILES string of the molecule is CC(C)(CC(=O)O)C(=O)SCCNC(=O)CCNC(=O)C(O)C(C)(C)COP(=O)(O)OP(=O)(O)OC[C@H]1O[C@@H](n2cnc3c(N)ncnc32)[C@H](O)[C@@H]1OP(=O)(O)O. The molecule has 2 aromatic heterocycles. The van der Waals surface area contributed by atoms with E-state index < -0.39 is 95.9 Å². The number of amides is 2. The summed E-state index contributed by atoms with van der Waals surface area (Å²) in [5.74, 6) is -2.56. The summed E-state index contributed by atoms with van der Waals surface area (Å²) in [5, 5.41) is 34.8. The molecule has 322 valence electrons. The largest absolute Gasteiger partial charge is 0.481 e. The molecule has 2 amide bonds. The normalized spacial score (nSPS) is 21.7. The quantitative estimate of drug-likeness (QED) is 0.0509. The van der Waals surface area contributed by atoms with Gasteiger partial charge in [0.05, 0.1) is 26.0 Å². The minimum atomic E-state index is -5.59. The van der Waals surface area contributed by atoms with Crippen LogP contribution in [-0.2, 0) is 55.5 Å². The minimum absolute atomic E-state index is 0.0191. The molecule has 0 aromatic carbocycles. The van der Waals surface area contributed by atoms with E-state index in [1.54, 1.807) is 0 Å². The molecule has 11 N–H and O–H groups in total. The number of imidazole rings is 1. The molecule has 57 heavy (non-hydrogen) atoms. The topological polar surface area (TPSA) is 401 Å². The zero-order valence-electron chi connectivity index (χ0n) is 30.6. The lowest BCUT2D eigenvalue weighted by atomic mass is 9.87. The highest BCUT2D eigenvalue weighted by molar-refractivity contribution is 8.13. The van der Waals surface area contributed by atoms with E-state index in [2.05, 4.69) is 34.4 Å². The third-order valence-corrected chi connectivity index (χ3v) is 12.2. The van der Waals surface area contributed by atoms with Gasteiger partial charge in [-0.2, -0.15) is 4.31 Å². The van der Waals surface area contributed by atoms with E-state index in [4.69, 9.17) is 24.6 Å². The highest BCUT2D eigenvalue weighted by atomic mass is 32.2. The number of aliphatic hydroxyl groups is 2. The van der Waals surface area contributed by atoms with Gasteiger partial charge in [-0.1, -0.05) is 39.5 Å². The van der Waals surface area contributed by atoms with Gasteiger partial charge in [-0.15, -0.1) is 0 Å². The first-order valence-corrected chi connectivity index (χ1v) is 21.9. The molecular weight excluding hydrogens is 851 g/mol. The summed E-state index contributed by atoms with van der Waals surface area (Å²) >= 11 is 0.856. The number of hydrogen-bond acceptors (Lipinski definition) is 19. The maximum Gasteiger partial charge on any atom is 0.481 e. The van der Waals surface area contributed by atoms with E-state index >= 15 is 0 Å². The van der Waals surface area contributed by atoms with Crippen LogP contribution >= 0.6 is 35.2 Å². The molecule has 0 radical (unpaired) electrons. The van der Waals surface area contributed by atoms with Crippen molar-refractivity contribution in [1.82, 2.24) is 30.2 Å². The molecule has 7 atom stereocenters. The average Bonchev–Trinajstić information content (AvgIpc) is 3.63. The van der Waals surface area contributed by atoms with Gasteiger partial charge in [0.1, 0.15) is 36.3 Å². The number of rotatable bonds is 22. The number of anilines is 1. The van der Waals surface area contributed by atoms with Gasteiger partial charge < -0.3 is 56.0 Å². The Bertz CT molecular complexity index is 1930. The zero-order chi connectivity index (χ0) is 43.1. The number of carboxylic acid groups (broad SMARTS) is 1. The molecule has 2 aromatic rings. The summed E-state index contributed by atoms with van der Waals surface area (Å²) in [6, 6.07) is 0. The maximum absolute atomic E-state index is 12.7. The predicted octanol–water partition coefficient (Wildman–Crippen LogP) is -0.834. The Hall–Kier alpha value is -2.97. The summed E-state index contributed by atoms with van der Waals surface area (Å²) in [6.07, 6.45) is -7.46. The van der Waals surface area contributed by atoms with Crippen LogP contribution in [0.15, 0.2) is 12.7 Å². The standard InChI is InChI=1S/C27H44N7O19P3S/c1-26(2,9-16(36)37)25(41)57-8-7-29-15(35)5-6-30-23(40)20(39)27(3,4)11-50-56(47,48)53-55(45,46)49-10-14-19(52-54(42,43)44)18(38)24(51-14)34-13-33-17-21(28)31-12-32-22(17)34/h12-14,18-20,24,38-39H,5-11H2,1-4H3,(H,29,35)(H,30,40)(H,36,37)(H,45,46)(H,47,48)(H2,28,31,32)(H2,42,43,44)/t14-,18-,19-,20?,24-/m1/s1. The number of aliphatic carboxylic acids is 1. The van der Waals surface area contributed by atoms with Crippen molar-refractivity contribution in [1.29, 1.82) is 0 Å². The van der Waals surface area contributed by atoms with E-state index in [-0.39, 0.29) is 53.8 Å². The number of carboxylic acids is 1. The molecule has 0 bridgehead atoms. The van der Waals surface area contributed by atoms with Crippen LogP contribution in [0.5, 0.6) is 0 Å². The lowest BCUT2D eigenvalue weighted by molar-refractivity contribution is -0.141. The van der Waals surface area contributed by atoms with Crippen LogP contribution in [0, 0.1) is 10.8 Å². The number of nitrogens with two attached hydrogens (primary N) is 1. The van der Waals surface area contributed by atoms with Crippen LogP contribution in [0.1, 0.15) is 46.8 Å². The third-order valence-electron chi connectivity index (χ3n) is 7.88. The molecule has 1 aliphatic rings. The van der Waals surface area contributed by atoms with E-state index in [1.807, 2.05) is 0 Å². The molecule has 3 heterocycles. The molecule has 1 fully saturated rings. The number of nitrogens with zero attached hydrogens (tertiary/aromatic N) is 4. The molecule has 0 saturated carbocycles. The number of nitrogen functional groups attached to an aromatic ring is 1. The number of aliphatic hydroxyl groups excluding tert-OH is 2. The highest BCUT2D eigenvalue weighted by Crippen LogP contribution is 2.61. The van der Waals surface area contributed by atoms with Crippen LogP contribution in [0.25, 0.3) is 11.2 Å². The van der Waals surface area contributed by atoms with Gasteiger partial charge in [0.25, 0.3) is 0 Å². The molecular formula is C27H44N7O19P3S. The molecule has 1 aliphatic heterocycles. The number of ether oxygens (including phenoxy) is 1. The molecule has 0 spiro atoms. The second-order valence-corrected chi connectivity index (χ2v) is 19.0. The third kappa shape index (κ3) is 14.4. The van der Waals surface area contributed by atoms with Crippen LogP contribution < -0.4 is 16.4 Å². The second kappa shape index (κ2) is 19.4. The Labute approximate surface area is 327 Å². The summed E-state index contributed by atoms with van der Waals surface area (Å²) in [7, 11) is -16.5. The predicted molar refractivity (Wildman–Crippen MR) is 193 cm³/mol. The van der Waals surface area contributed by atoms with Gasteiger partial charge >= 0.3 is 29.4 Å². The van der Waals surface area contributed by atoms with Gasteiger partial charge in [-0.05, 0) is 0 Å². The number of nitrogens with one attached hydrogen (secondary N) is 2. The van der Waals surface area contributed by atoms with Crippen LogP contribution in [0.4, 0.5) is 5.82 Å². The zero-order valence-corrected chi connectivity index (χ0v) is 34.1. The Balaban J connectivity index is 1.49. The summed E-state index contributed by atoms with van der Waals surface area (Å²) in [6.45, 7) is 3.17. The first-order chi connectivity index (χ1) is 26.1. The Kier molecular flexibility index (Phi) is 16.5. The van der Waals surface area contributed by atoms with Gasteiger partial charge in [-0.3, -0.25) is 37.3 Å². The molecule has 30 heteroatoms. The van der Waals surface area contributed by atoms with Crippen molar-refractivity contribution >= 4 is 75.1 Å². The number of thioether (sulfide) groups is 1. The van der Waals surface area contributed by atoms with Crippen LogP contribution in [0.2, 0.25) is 0 Å². The van der Waals surface area contributed by atoms with Crippen molar-refractivity contribution in [2.75, 3.05) is 37.8 Å². The van der Waals surface area contributed by atoms with Crippen molar-refractivity contribution in [3.63, 3.8) is 0 Å². The van der Waals surface area contributed by atoms with Crippen molar-refractivity contribution < 1.29 is 90.4 Å². The van der Waals surface area contributed by atoms with Crippen molar-refractivity contribution in [3.05, 3.63) is 12.7 Å². The average molecular weight is 896 g/mol. The Morgan fingerprint density at radius 1 is 1.02 bits per heavy atom. The number of hydrogen-bond donors (Lipinski definition) is 10.